The van der Waals surface area contributed by atoms with E-state index in [1.165, 1.54) is 23.5 Å². The SMILES string of the molecule is O=C(Cc1csc(-c2ccc(C(F)(F)F)cc2)n1)N1CCN(C(=O)C2CCC2)CC1. The number of halogens is 3. The zero-order chi connectivity index (χ0) is 21.3. The third-order valence-corrected chi connectivity index (χ3v) is 6.68. The average molecular weight is 437 g/mol. The lowest BCUT2D eigenvalue weighted by atomic mass is 9.84. The molecule has 1 aliphatic heterocycles. The molecular formula is C21H22F3N3O2S. The molecule has 0 atom stereocenters. The zero-order valence-corrected chi connectivity index (χ0v) is 17.1. The summed E-state index contributed by atoms with van der Waals surface area (Å²) in [5.74, 6) is 0.343. The fourth-order valence-electron chi connectivity index (χ4n) is 3.68. The Morgan fingerprint density at radius 1 is 1.03 bits per heavy atom. The standard InChI is InChI=1S/C21H22F3N3O2S/c22-21(23,24)16-6-4-14(5-7-16)19-25-17(13-30-19)12-18(28)26-8-10-27(11-9-26)20(29)15-2-1-3-15/h4-7,13,15H,1-3,8-12H2. The molecule has 0 spiro atoms. The molecule has 0 unspecified atom stereocenters. The zero-order valence-electron chi connectivity index (χ0n) is 16.3. The Bertz CT molecular complexity index is 914. The van der Waals surface area contributed by atoms with Crippen molar-refractivity contribution in [2.45, 2.75) is 31.9 Å². The van der Waals surface area contributed by atoms with E-state index in [4.69, 9.17) is 0 Å². The third kappa shape index (κ3) is 4.50. The molecule has 0 N–H and O–H groups in total. The van der Waals surface area contributed by atoms with Gasteiger partial charge < -0.3 is 9.80 Å². The van der Waals surface area contributed by atoms with Gasteiger partial charge >= 0.3 is 6.18 Å². The van der Waals surface area contributed by atoms with Gasteiger partial charge in [-0.15, -0.1) is 11.3 Å². The maximum Gasteiger partial charge on any atom is 0.416 e. The molecule has 2 amide bonds. The molecule has 5 nitrogen and oxygen atoms in total. The van der Waals surface area contributed by atoms with E-state index >= 15 is 0 Å². The van der Waals surface area contributed by atoms with Gasteiger partial charge in [0.1, 0.15) is 5.01 Å². The van der Waals surface area contributed by atoms with Crippen LogP contribution in [-0.2, 0) is 22.2 Å². The quantitative estimate of drug-likeness (QED) is 0.730. The molecule has 30 heavy (non-hydrogen) atoms. The van der Waals surface area contributed by atoms with E-state index in [2.05, 4.69) is 4.98 Å². The first kappa shape index (κ1) is 20.8. The van der Waals surface area contributed by atoms with E-state index in [9.17, 15) is 22.8 Å². The Morgan fingerprint density at radius 3 is 2.23 bits per heavy atom. The van der Waals surface area contributed by atoms with E-state index in [1.807, 2.05) is 4.90 Å². The van der Waals surface area contributed by atoms with Gasteiger partial charge in [-0.25, -0.2) is 4.98 Å². The Labute approximate surface area is 176 Å². The van der Waals surface area contributed by atoms with Crippen LogP contribution < -0.4 is 0 Å². The lowest BCUT2D eigenvalue weighted by Crippen LogP contribution is -2.52. The number of amides is 2. The van der Waals surface area contributed by atoms with Crippen LogP contribution in [0.5, 0.6) is 0 Å². The number of hydrogen-bond acceptors (Lipinski definition) is 4. The normalized spacial score (nSPS) is 17.7. The summed E-state index contributed by atoms with van der Waals surface area (Å²) < 4.78 is 38.1. The summed E-state index contributed by atoms with van der Waals surface area (Å²) in [5, 5.41) is 2.35. The van der Waals surface area contributed by atoms with Crippen LogP contribution >= 0.6 is 11.3 Å². The molecule has 160 valence electrons. The number of aromatic nitrogens is 1. The van der Waals surface area contributed by atoms with Gasteiger partial charge in [-0.3, -0.25) is 9.59 Å². The predicted octanol–water partition coefficient (Wildman–Crippen LogP) is 3.84. The fraction of sp³-hybridized carbons (Fsp3) is 0.476. The molecule has 2 aliphatic rings. The van der Waals surface area contributed by atoms with Crippen molar-refractivity contribution in [1.29, 1.82) is 0 Å². The highest BCUT2D eigenvalue weighted by Crippen LogP contribution is 2.32. The third-order valence-electron chi connectivity index (χ3n) is 5.74. The second kappa shape index (κ2) is 8.37. The second-order valence-corrected chi connectivity index (χ2v) is 8.59. The Morgan fingerprint density at radius 2 is 1.67 bits per heavy atom. The van der Waals surface area contributed by atoms with Crippen molar-refractivity contribution in [1.82, 2.24) is 14.8 Å². The number of carbonyl (C=O) groups is 2. The van der Waals surface area contributed by atoms with E-state index in [0.717, 1.165) is 31.4 Å². The largest absolute Gasteiger partial charge is 0.416 e. The number of thiazole rings is 1. The minimum atomic E-state index is -4.37. The van der Waals surface area contributed by atoms with Crippen LogP contribution in [0.25, 0.3) is 10.6 Å². The summed E-state index contributed by atoms with van der Waals surface area (Å²) in [5.41, 5.74) is 0.496. The first-order valence-electron chi connectivity index (χ1n) is 10.00. The van der Waals surface area contributed by atoms with Gasteiger partial charge in [0.15, 0.2) is 0 Å². The summed E-state index contributed by atoms with van der Waals surface area (Å²) in [4.78, 5) is 33.0. The molecule has 9 heteroatoms. The van der Waals surface area contributed by atoms with Crippen LogP contribution in [0.3, 0.4) is 0 Å². The van der Waals surface area contributed by atoms with Crippen molar-refractivity contribution in [2.75, 3.05) is 26.2 Å². The highest BCUT2D eigenvalue weighted by Gasteiger charge is 2.32. The average Bonchev–Trinajstić information content (AvgIpc) is 3.14. The van der Waals surface area contributed by atoms with Gasteiger partial charge in [-0.05, 0) is 25.0 Å². The van der Waals surface area contributed by atoms with Gasteiger partial charge in [0, 0.05) is 43.0 Å². The van der Waals surface area contributed by atoms with E-state index in [-0.39, 0.29) is 24.2 Å². The van der Waals surface area contributed by atoms with Crippen LogP contribution in [0.2, 0.25) is 0 Å². The van der Waals surface area contributed by atoms with Crippen molar-refractivity contribution in [3.8, 4) is 10.6 Å². The van der Waals surface area contributed by atoms with Crippen molar-refractivity contribution in [2.24, 2.45) is 5.92 Å². The lowest BCUT2D eigenvalue weighted by Gasteiger charge is -2.38. The van der Waals surface area contributed by atoms with Crippen LogP contribution in [0.4, 0.5) is 13.2 Å². The van der Waals surface area contributed by atoms with E-state index < -0.39 is 11.7 Å². The number of carbonyl (C=O) groups excluding carboxylic acids is 2. The smallest absolute Gasteiger partial charge is 0.339 e. The summed E-state index contributed by atoms with van der Waals surface area (Å²) in [7, 11) is 0. The van der Waals surface area contributed by atoms with Crippen LogP contribution in [-0.4, -0.2) is 52.8 Å². The Kier molecular flexibility index (Phi) is 5.81. The van der Waals surface area contributed by atoms with Crippen LogP contribution in [0.1, 0.15) is 30.5 Å². The fourth-order valence-corrected chi connectivity index (χ4v) is 4.50. The Hall–Kier alpha value is -2.42. The molecule has 1 aliphatic carbocycles. The van der Waals surface area contributed by atoms with Crippen LogP contribution in [0.15, 0.2) is 29.6 Å². The van der Waals surface area contributed by atoms with Gasteiger partial charge in [-0.2, -0.15) is 13.2 Å². The molecule has 2 heterocycles. The van der Waals surface area contributed by atoms with Crippen molar-refractivity contribution in [3.63, 3.8) is 0 Å². The maximum absolute atomic E-state index is 12.7. The van der Waals surface area contributed by atoms with Crippen LogP contribution in [0, 0.1) is 5.92 Å². The molecule has 1 aromatic heterocycles. The minimum Gasteiger partial charge on any atom is -0.339 e. The molecule has 0 radical (unpaired) electrons. The van der Waals surface area contributed by atoms with Gasteiger partial charge in [0.25, 0.3) is 0 Å². The Balaban J connectivity index is 1.31. The molecule has 1 saturated carbocycles. The molecule has 1 aromatic carbocycles. The summed E-state index contributed by atoms with van der Waals surface area (Å²) >= 11 is 1.31. The number of piperazine rings is 1. The first-order chi connectivity index (χ1) is 14.3. The molecule has 4 rings (SSSR count). The number of nitrogens with zero attached hydrogens (tertiary/aromatic N) is 3. The second-order valence-electron chi connectivity index (χ2n) is 7.73. The molecular weight excluding hydrogens is 415 g/mol. The first-order valence-corrected chi connectivity index (χ1v) is 10.9. The number of rotatable bonds is 4. The van der Waals surface area contributed by atoms with Gasteiger partial charge in [-0.1, -0.05) is 18.6 Å². The van der Waals surface area contributed by atoms with Crippen molar-refractivity contribution >= 4 is 23.2 Å². The minimum absolute atomic E-state index is 0.0463. The topological polar surface area (TPSA) is 53.5 Å². The van der Waals surface area contributed by atoms with Gasteiger partial charge in [0.05, 0.1) is 17.7 Å². The highest BCUT2D eigenvalue weighted by molar-refractivity contribution is 7.13. The summed E-state index contributed by atoms with van der Waals surface area (Å²) in [6.45, 7) is 2.17. The predicted molar refractivity (Wildman–Crippen MR) is 107 cm³/mol. The molecule has 2 aromatic rings. The van der Waals surface area contributed by atoms with Gasteiger partial charge in [0.2, 0.25) is 11.8 Å². The maximum atomic E-state index is 12.7. The number of alkyl halides is 3. The number of benzene rings is 1. The lowest BCUT2D eigenvalue weighted by molar-refractivity contribution is -0.143. The van der Waals surface area contributed by atoms with E-state index in [1.54, 1.807) is 10.3 Å². The van der Waals surface area contributed by atoms with Crippen molar-refractivity contribution < 1.29 is 22.8 Å². The number of hydrogen-bond donors (Lipinski definition) is 0. The molecule has 1 saturated heterocycles. The van der Waals surface area contributed by atoms with E-state index in [0.29, 0.717) is 42.4 Å². The monoisotopic (exact) mass is 437 g/mol. The summed E-state index contributed by atoms with van der Waals surface area (Å²) in [6.07, 6.45) is -1.15. The highest BCUT2D eigenvalue weighted by atomic mass is 32.1. The molecule has 0 bridgehead atoms. The van der Waals surface area contributed by atoms with Crippen molar-refractivity contribution in [3.05, 3.63) is 40.9 Å². The summed E-state index contributed by atoms with van der Waals surface area (Å²) in [6, 6.07) is 4.86. The molecule has 2 fully saturated rings.